The van der Waals surface area contributed by atoms with Crippen LogP contribution >= 0.6 is 0 Å². The molecule has 0 atom stereocenters. The predicted molar refractivity (Wildman–Crippen MR) is 130 cm³/mol. The van der Waals surface area contributed by atoms with Crippen molar-refractivity contribution in [3.05, 3.63) is 71.0 Å². The van der Waals surface area contributed by atoms with E-state index in [0.29, 0.717) is 61.5 Å². The Balaban J connectivity index is 1.73. The van der Waals surface area contributed by atoms with Gasteiger partial charge in [0.1, 0.15) is 11.5 Å². The number of hydrogen-bond donors (Lipinski definition) is 0. The second kappa shape index (κ2) is 10.8. The molecule has 180 valence electrons. The molecule has 0 saturated carbocycles. The van der Waals surface area contributed by atoms with Crippen LogP contribution in [0.25, 0.3) is 11.3 Å². The van der Waals surface area contributed by atoms with Crippen molar-refractivity contribution < 1.29 is 18.4 Å². The van der Waals surface area contributed by atoms with Crippen LogP contribution in [0.3, 0.4) is 0 Å². The lowest BCUT2D eigenvalue weighted by Crippen LogP contribution is -2.37. The maximum absolute atomic E-state index is 14.8. The van der Waals surface area contributed by atoms with Crippen molar-refractivity contribution in [2.24, 2.45) is 5.92 Å². The van der Waals surface area contributed by atoms with Crippen LogP contribution in [0.4, 0.5) is 10.3 Å². The van der Waals surface area contributed by atoms with Crippen LogP contribution in [0, 0.1) is 18.7 Å². The Hall–Kier alpha value is -3.19. The van der Waals surface area contributed by atoms with Crippen molar-refractivity contribution in [2.45, 2.75) is 33.7 Å². The molecule has 1 saturated heterocycles. The Morgan fingerprint density at radius 1 is 1.12 bits per heavy atom. The third-order valence-corrected chi connectivity index (χ3v) is 6.11. The molecule has 1 aromatic heterocycles. The number of ether oxygens (including phenoxy) is 1. The predicted octanol–water partition coefficient (Wildman–Crippen LogP) is 5.31. The summed E-state index contributed by atoms with van der Waals surface area (Å²) >= 11 is 0. The molecule has 0 spiro atoms. The highest BCUT2D eigenvalue weighted by atomic mass is 19.1. The molecule has 0 bridgehead atoms. The Morgan fingerprint density at radius 2 is 1.82 bits per heavy atom. The van der Waals surface area contributed by atoms with Gasteiger partial charge in [-0.2, -0.15) is 0 Å². The topological polar surface area (TPSA) is 58.8 Å². The number of benzene rings is 2. The Kier molecular flexibility index (Phi) is 7.63. The number of rotatable bonds is 8. The molecule has 1 aliphatic heterocycles. The Morgan fingerprint density at radius 3 is 2.50 bits per heavy atom. The maximum Gasteiger partial charge on any atom is 0.254 e. The number of carbonyl (C=O) groups is 1. The van der Waals surface area contributed by atoms with Crippen LogP contribution in [0.1, 0.15) is 41.8 Å². The summed E-state index contributed by atoms with van der Waals surface area (Å²) in [6.45, 7) is 9.58. The molecule has 4 rings (SSSR count). The van der Waals surface area contributed by atoms with Gasteiger partial charge in [-0.15, -0.1) is 0 Å². The smallest absolute Gasteiger partial charge is 0.254 e. The second-order valence-electron chi connectivity index (χ2n) is 9.17. The molecule has 34 heavy (non-hydrogen) atoms. The van der Waals surface area contributed by atoms with Crippen molar-refractivity contribution in [3.63, 3.8) is 0 Å². The highest BCUT2D eigenvalue weighted by Crippen LogP contribution is 2.34. The van der Waals surface area contributed by atoms with Crippen LogP contribution in [0.2, 0.25) is 0 Å². The lowest BCUT2D eigenvalue weighted by atomic mass is 10.0. The largest absolute Gasteiger partial charge is 0.378 e. The first kappa shape index (κ1) is 24.0. The fourth-order valence-electron chi connectivity index (χ4n) is 4.06. The van der Waals surface area contributed by atoms with Gasteiger partial charge in [0.15, 0.2) is 0 Å². The van der Waals surface area contributed by atoms with E-state index < -0.39 is 0 Å². The highest BCUT2D eigenvalue weighted by Gasteiger charge is 2.28. The van der Waals surface area contributed by atoms with E-state index in [0.717, 1.165) is 17.5 Å². The quantitative estimate of drug-likeness (QED) is 0.451. The van der Waals surface area contributed by atoms with Crippen LogP contribution in [-0.2, 0) is 11.3 Å². The van der Waals surface area contributed by atoms with Crippen molar-refractivity contribution in [1.82, 2.24) is 10.1 Å². The number of halogens is 1. The van der Waals surface area contributed by atoms with E-state index in [9.17, 15) is 9.18 Å². The van der Waals surface area contributed by atoms with Crippen LogP contribution in [0.15, 0.2) is 53.1 Å². The highest BCUT2D eigenvalue weighted by molar-refractivity contribution is 5.94. The molecule has 1 aliphatic rings. The molecule has 1 fully saturated rings. The molecule has 0 unspecified atom stereocenters. The Labute approximate surface area is 200 Å². The van der Waals surface area contributed by atoms with Gasteiger partial charge in [0.2, 0.25) is 5.88 Å². The summed E-state index contributed by atoms with van der Waals surface area (Å²) in [5.74, 6) is 0.576. The van der Waals surface area contributed by atoms with E-state index in [4.69, 9.17) is 9.26 Å². The van der Waals surface area contributed by atoms with E-state index in [1.54, 1.807) is 18.2 Å². The number of amides is 1. The van der Waals surface area contributed by atoms with Crippen LogP contribution in [0.5, 0.6) is 0 Å². The molecule has 0 radical (unpaired) electrons. The van der Waals surface area contributed by atoms with Crippen LogP contribution in [-0.4, -0.2) is 48.8 Å². The standard InChI is InChI=1S/C27H32FN3O3/c1-19(2)12-13-31(26(32)21-10-8-20(3)9-11-21)18-23-25(22-6-4-5-7-24(22)28)29-34-27(23)30-14-16-33-17-15-30/h4-11,19H,12-18H2,1-3H3. The molecule has 0 N–H and O–H groups in total. The first-order valence-electron chi connectivity index (χ1n) is 11.9. The van der Waals surface area contributed by atoms with Crippen molar-refractivity contribution in [3.8, 4) is 11.3 Å². The van der Waals surface area contributed by atoms with Gasteiger partial charge in [0.05, 0.1) is 25.3 Å². The summed E-state index contributed by atoms with van der Waals surface area (Å²) in [5, 5.41) is 4.28. The SMILES string of the molecule is Cc1ccc(C(=O)N(CCC(C)C)Cc2c(-c3ccccc3F)noc2N2CCOCC2)cc1. The monoisotopic (exact) mass is 465 g/mol. The number of anilines is 1. The summed E-state index contributed by atoms with van der Waals surface area (Å²) in [5.41, 5.74) is 3.25. The van der Waals surface area contributed by atoms with E-state index in [2.05, 4.69) is 23.9 Å². The number of aryl methyl sites for hydroxylation is 1. The summed E-state index contributed by atoms with van der Waals surface area (Å²) in [7, 11) is 0. The van der Waals surface area contributed by atoms with Crippen LogP contribution < -0.4 is 4.90 Å². The zero-order chi connectivity index (χ0) is 24.1. The number of aromatic nitrogens is 1. The van der Waals surface area contributed by atoms with Gasteiger partial charge in [-0.25, -0.2) is 4.39 Å². The van der Waals surface area contributed by atoms with E-state index >= 15 is 0 Å². The van der Waals surface area contributed by atoms with Crippen molar-refractivity contribution >= 4 is 11.8 Å². The molecule has 6 nitrogen and oxygen atoms in total. The van der Waals surface area contributed by atoms with Gasteiger partial charge in [-0.1, -0.05) is 48.8 Å². The number of hydrogen-bond acceptors (Lipinski definition) is 5. The van der Waals surface area contributed by atoms with Crippen molar-refractivity contribution in [1.29, 1.82) is 0 Å². The van der Waals surface area contributed by atoms with Gasteiger partial charge in [0, 0.05) is 30.8 Å². The third kappa shape index (κ3) is 5.47. The lowest BCUT2D eigenvalue weighted by molar-refractivity contribution is 0.0735. The molecule has 1 amide bonds. The number of morpholine rings is 1. The molecule has 2 heterocycles. The number of nitrogens with zero attached hydrogens (tertiary/aromatic N) is 3. The van der Waals surface area contributed by atoms with Gasteiger partial charge in [-0.3, -0.25) is 4.79 Å². The number of carbonyl (C=O) groups excluding carboxylic acids is 1. The maximum atomic E-state index is 14.8. The first-order chi connectivity index (χ1) is 16.4. The molecule has 0 aliphatic carbocycles. The molecular weight excluding hydrogens is 433 g/mol. The average Bonchev–Trinajstić information content (AvgIpc) is 3.25. The van der Waals surface area contributed by atoms with Gasteiger partial charge < -0.3 is 19.1 Å². The minimum absolute atomic E-state index is 0.0609. The minimum Gasteiger partial charge on any atom is -0.378 e. The zero-order valence-electron chi connectivity index (χ0n) is 20.1. The third-order valence-electron chi connectivity index (χ3n) is 6.11. The Bertz CT molecular complexity index is 1100. The van der Waals surface area contributed by atoms with E-state index in [1.165, 1.54) is 6.07 Å². The first-order valence-corrected chi connectivity index (χ1v) is 11.9. The fraction of sp³-hybridized carbons (Fsp3) is 0.407. The van der Waals surface area contributed by atoms with Gasteiger partial charge in [0.25, 0.3) is 5.91 Å². The molecule has 3 aromatic rings. The molecule has 7 heteroatoms. The summed E-state index contributed by atoms with van der Waals surface area (Å²) in [6, 6.07) is 14.1. The minimum atomic E-state index is -0.371. The van der Waals surface area contributed by atoms with E-state index in [-0.39, 0.29) is 18.3 Å². The van der Waals surface area contributed by atoms with Gasteiger partial charge in [-0.05, 0) is 43.5 Å². The summed E-state index contributed by atoms with van der Waals surface area (Å²) < 4.78 is 26.0. The molecule has 2 aromatic carbocycles. The van der Waals surface area contributed by atoms with Crippen molar-refractivity contribution in [2.75, 3.05) is 37.7 Å². The summed E-state index contributed by atoms with van der Waals surface area (Å²) in [4.78, 5) is 17.5. The average molecular weight is 466 g/mol. The normalized spacial score (nSPS) is 14.0. The van der Waals surface area contributed by atoms with Gasteiger partial charge >= 0.3 is 0 Å². The lowest BCUT2D eigenvalue weighted by Gasteiger charge is -2.29. The second-order valence-corrected chi connectivity index (χ2v) is 9.17. The zero-order valence-corrected chi connectivity index (χ0v) is 20.1. The fourth-order valence-corrected chi connectivity index (χ4v) is 4.06. The molecular formula is C27H32FN3O3. The summed E-state index contributed by atoms with van der Waals surface area (Å²) in [6.07, 6.45) is 0.852. The van der Waals surface area contributed by atoms with E-state index in [1.807, 2.05) is 36.1 Å².